The molecule has 0 saturated heterocycles. The number of primary amides is 1. The van der Waals surface area contributed by atoms with Crippen molar-refractivity contribution < 1.29 is 4.79 Å². The van der Waals surface area contributed by atoms with Crippen molar-refractivity contribution >= 4 is 5.91 Å². The summed E-state index contributed by atoms with van der Waals surface area (Å²) in [6, 6.07) is 1.09. The van der Waals surface area contributed by atoms with Crippen LogP contribution >= 0.6 is 0 Å². The number of carbonyl (C=O) groups excluding carboxylic acids is 1. The van der Waals surface area contributed by atoms with Crippen molar-refractivity contribution in [1.29, 1.82) is 0 Å². The highest BCUT2D eigenvalue weighted by Gasteiger charge is 2.35. The molecular formula is C11H23N3O. The number of amides is 1. The van der Waals surface area contributed by atoms with E-state index >= 15 is 0 Å². The van der Waals surface area contributed by atoms with Gasteiger partial charge in [0.1, 0.15) is 0 Å². The fraction of sp³-hybridized carbons (Fsp3) is 0.909. The van der Waals surface area contributed by atoms with Crippen LogP contribution in [0, 0.1) is 0 Å². The van der Waals surface area contributed by atoms with Gasteiger partial charge in [-0.25, -0.2) is 0 Å². The van der Waals surface area contributed by atoms with E-state index in [4.69, 9.17) is 5.73 Å². The molecule has 0 heterocycles. The third kappa shape index (κ3) is 2.92. The lowest BCUT2D eigenvalue weighted by Gasteiger charge is -2.33. The predicted octanol–water partition coefficient (Wildman–Crippen LogP) is 0.323. The van der Waals surface area contributed by atoms with Crippen LogP contribution in [0.15, 0.2) is 0 Å². The Kier molecular flexibility index (Phi) is 3.73. The molecule has 0 aromatic rings. The van der Waals surface area contributed by atoms with Gasteiger partial charge in [0.15, 0.2) is 0 Å². The van der Waals surface area contributed by atoms with E-state index in [0.29, 0.717) is 12.1 Å². The molecule has 1 aliphatic carbocycles. The van der Waals surface area contributed by atoms with Gasteiger partial charge in [-0.1, -0.05) is 0 Å². The first-order chi connectivity index (χ1) is 6.90. The van der Waals surface area contributed by atoms with Gasteiger partial charge in [0.25, 0.3) is 0 Å². The molecule has 0 spiro atoms. The van der Waals surface area contributed by atoms with E-state index in [9.17, 15) is 4.79 Å². The van der Waals surface area contributed by atoms with Crippen molar-refractivity contribution in [3.05, 3.63) is 0 Å². The molecule has 2 unspecified atom stereocenters. The number of likely N-dealkylation sites (N-methyl/N-ethyl adjacent to an activating group) is 1. The lowest BCUT2D eigenvalue weighted by Crippen LogP contribution is -2.54. The summed E-state index contributed by atoms with van der Waals surface area (Å²) in [5.41, 5.74) is 4.81. The number of nitrogens with zero attached hydrogens (tertiary/aromatic N) is 1. The van der Waals surface area contributed by atoms with Crippen LogP contribution in [0.5, 0.6) is 0 Å². The molecule has 0 bridgehead atoms. The maximum Gasteiger partial charge on any atom is 0.237 e. The van der Waals surface area contributed by atoms with Crippen molar-refractivity contribution in [2.75, 3.05) is 14.1 Å². The second kappa shape index (κ2) is 4.49. The summed E-state index contributed by atoms with van der Waals surface area (Å²) in [7, 11) is 3.91. The molecular weight excluding hydrogens is 190 g/mol. The highest BCUT2D eigenvalue weighted by atomic mass is 16.1. The van der Waals surface area contributed by atoms with Crippen molar-refractivity contribution in [2.24, 2.45) is 5.73 Å². The van der Waals surface area contributed by atoms with E-state index in [0.717, 1.165) is 6.42 Å². The minimum atomic E-state index is -0.595. The lowest BCUT2D eigenvalue weighted by atomic mass is 9.92. The lowest BCUT2D eigenvalue weighted by molar-refractivity contribution is -0.124. The molecule has 1 saturated carbocycles. The van der Waals surface area contributed by atoms with Gasteiger partial charge in [-0.3, -0.25) is 4.79 Å². The molecule has 0 aliphatic heterocycles. The zero-order valence-electron chi connectivity index (χ0n) is 10.2. The van der Waals surface area contributed by atoms with Crippen LogP contribution in [0.3, 0.4) is 0 Å². The summed E-state index contributed by atoms with van der Waals surface area (Å²) >= 11 is 0. The molecule has 1 amide bonds. The summed E-state index contributed by atoms with van der Waals surface area (Å²) in [4.78, 5) is 13.7. The Morgan fingerprint density at radius 1 is 1.67 bits per heavy atom. The van der Waals surface area contributed by atoms with Gasteiger partial charge in [0, 0.05) is 12.1 Å². The van der Waals surface area contributed by atoms with Gasteiger partial charge in [0.2, 0.25) is 5.91 Å². The van der Waals surface area contributed by atoms with Crippen molar-refractivity contribution in [1.82, 2.24) is 10.2 Å². The molecule has 1 fully saturated rings. The smallest absolute Gasteiger partial charge is 0.237 e. The van der Waals surface area contributed by atoms with E-state index in [2.05, 4.69) is 24.2 Å². The molecule has 1 rings (SSSR count). The van der Waals surface area contributed by atoms with Crippen LogP contribution in [-0.2, 0) is 4.79 Å². The number of hydrogen-bond donors (Lipinski definition) is 2. The molecule has 2 atom stereocenters. The molecule has 0 aromatic carbocycles. The topological polar surface area (TPSA) is 58.4 Å². The van der Waals surface area contributed by atoms with Crippen LogP contribution in [0.4, 0.5) is 0 Å². The summed E-state index contributed by atoms with van der Waals surface area (Å²) in [6.45, 7) is 4.02. The second-order valence-corrected chi connectivity index (χ2v) is 4.90. The monoisotopic (exact) mass is 213 g/mol. The minimum Gasteiger partial charge on any atom is -0.368 e. The second-order valence-electron chi connectivity index (χ2n) is 4.90. The molecule has 4 heteroatoms. The number of carbonyl (C=O) groups is 1. The first kappa shape index (κ1) is 12.5. The Bertz CT molecular complexity index is 240. The number of hydrogen-bond acceptors (Lipinski definition) is 3. The fourth-order valence-corrected chi connectivity index (χ4v) is 1.90. The molecule has 3 N–H and O–H groups in total. The van der Waals surface area contributed by atoms with Gasteiger partial charge >= 0.3 is 0 Å². The third-order valence-corrected chi connectivity index (χ3v) is 3.62. The van der Waals surface area contributed by atoms with E-state index < -0.39 is 5.54 Å². The Labute approximate surface area is 92.2 Å². The maximum atomic E-state index is 11.3. The van der Waals surface area contributed by atoms with Crippen molar-refractivity contribution in [3.63, 3.8) is 0 Å². The number of nitrogens with one attached hydrogen (secondary N) is 1. The molecule has 4 nitrogen and oxygen atoms in total. The van der Waals surface area contributed by atoms with Gasteiger partial charge in [-0.05, 0) is 47.2 Å². The minimum absolute atomic E-state index is 0.277. The van der Waals surface area contributed by atoms with Crippen LogP contribution in [0.2, 0.25) is 0 Å². The highest BCUT2D eigenvalue weighted by molar-refractivity contribution is 5.84. The molecule has 1 aliphatic rings. The highest BCUT2D eigenvalue weighted by Crippen LogP contribution is 2.29. The zero-order valence-corrected chi connectivity index (χ0v) is 10.2. The summed E-state index contributed by atoms with van der Waals surface area (Å²) in [5.74, 6) is -0.277. The van der Waals surface area contributed by atoms with Gasteiger partial charge < -0.3 is 16.0 Å². The van der Waals surface area contributed by atoms with Gasteiger partial charge in [-0.15, -0.1) is 0 Å². The van der Waals surface area contributed by atoms with Crippen LogP contribution < -0.4 is 11.1 Å². The van der Waals surface area contributed by atoms with Crippen molar-refractivity contribution in [2.45, 2.75) is 50.7 Å². The third-order valence-electron chi connectivity index (χ3n) is 3.62. The van der Waals surface area contributed by atoms with Crippen LogP contribution in [0.25, 0.3) is 0 Å². The van der Waals surface area contributed by atoms with E-state index in [1.807, 2.05) is 6.92 Å². The standard InChI is InChI=1S/C11H23N3O/c1-8(14(4)9-5-6-9)7-11(2,13-3)10(12)15/h8-9,13H,5-7H2,1-4H3,(H2,12,15). The van der Waals surface area contributed by atoms with E-state index in [-0.39, 0.29) is 5.91 Å². The fourth-order valence-electron chi connectivity index (χ4n) is 1.90. The summed E-state index contributed by atoms with van der Waals surface area (Å²) in [5, 5.41) is 3.02. The Hall–Kier alpha value is -0.610. The largest absolute Gasteiger partial charge is 0.368 e. The molecule has 88 valence electrons. The zero-order chi connectivity index (χ0) is 11.6. The number of rotatable bonds is 6. The molecule has 0 aromatic heterocycles. The average Bonchev–Trinajstić information content (AvgIpc) is 2.99. The van der Waals surface area contributed by atoms with Crippen molar-refractivity contribution in [3.8, 4) is 0 Å². The average molecular weight is 213 g/mol. The van der Waals surface area contributed by atoms with Gasteiger partial charge in [0.05, 0.1) is 5.54 Å². The normalized spacial score (nSPS) is 22.5. The SMILES string of the molecule is CNC(C)(CC(C)N(C)C1CC1)C(N)=O. The predicted molar refractivity (Wildman–Crippen MR) is 61.5 cm³/mol. The van der Waals surface area contributed by atoms with E-state index in [1.165, 1.54) is 12.8 Å². The summed E-state index contributed by atoms with van der Waals surface area (Å²) in [6.07, 6.45) is 3.33. The molecule has 15 heavy (non-hydrogen) atoms. The first-order valence-corrected chi connectivity index (χ1v) is 5.61. The summed E-state index contributed by atoms with van der Waals surface area (Å²) < 4.78 is 0. The molecule has 0 radical (unpaired) electrons. The van der Waals surface area contributed by atoms with Crippen LogP contribution in [0.1, 0.15) is 33.1 Å². The van der Waals surface area contributed by atoms with Gasteiger partial charge in [-0.2, -0.15) is 0 Å². The maximum absolute atomic E-state index is 11.3. The Balaban J connectivity index is 2.53. The quantitative estimate of drug-likeness (QED) is 0.668. The first-order valence-electron chi connectivity index (χ1n) is 5.61. The number of nitrogens with two attached hydrogens (primary N) is 1. The Morgan fingerprint density at radius 3 is 2.53 bits per heavy atom. The van der Waals surface area contributed by atoms with E-state index in [1.54, 1.807) is 7.05 Å². The Morgan fingerprint density at radius 2 is 2.20 bits per heavy atom. The van der Waals surface area contributed by atoms with Crippen LogP contribution in [-0.4, -0.2) is 42.5 Å².